The fourth-order valence-electron chi connectivity index (χ4n) is 1.91. The van der Waals surface area contributed by atoms with E-state index in [0.29, 0.717) is 5.76 Å². The van der Waals surface area contributed by atoms with E-state index in [9.17, 15) is 0 Å². The van der Waals surface area contributed by atoms with Crippen molar-refractivity contribution in [1.29, 1.82) is 0 Å². The predicted octanol–water partition coefficient (Wildman–Crippen LogP) is 6.25. The van der Waals surface area contributed by atoms with Crippen molar-refractivity contribution in [3.8, 4) is 11.1 Å². The van der Waals surface area contributed by atoms with Crippen LogP contribution >= 0.6 is 0 Å². The van der Waals surface area contributed by atoms with Crippen molar-refractivity contribution in [3.05, 3.63) is 83.6 Å². The Kier molecular flexibility index (Phi) is 7.77. The first-order chi connectivity index (χ1) is 10.6. The van der Waals surface area contributed by atoms with Crippen LogP contribution in [-0.2, 0) is 6.42 Å². The highest BCUT2D eigenvalue weighted by Crippen LogP contribution is 2.20. The molecule has 0 unspecified atom stereocenters. The number of aryl methyl sites for hydroxylation is 2. The van der Waals surface area contributed by atoms with Gasteiger partial charge in [-0.15, -0.1) is 0 Å². The molecular formula is C21H26O. The van der Waals surface area contributed by atoms with Gasteiger partial charge in [-0.05, 0) is 50.0 Å². The Bertz CT molecular complexity index is 597. The quantitative estimate of drug-likeness (QED) is 0.524. The number of hydrogen-bond donors (Lipinski definition) is 1. The van der Waals surface area contributed by atoms with E-state index in [1.807, 2.05) is 13.0 Å². The zero-order chi connectivity index (χ0) is 16.4. The van der Waals surface area contributed by atoms with Crippen molar-refractivity contribution < 1.29 is 5.11 Å². The maximum Gasteiger partial charge on any atom is 0.0891 e. The lowest BCUT2D eigenvalue weighted by Crippen LogP contribution is -1.81. The summed E-state index contributed by atoms with van der Waals surface area (Å²) < 4.78 is 0. The first-order valence-corrected chi connectivity index (χ1v) is 7.71. The van der Waals surface area contributed by atoms with E-state index in [1.165, 1.54) is 22.3 Å². The largest absolute Gasteiger partial charge is 0.513 e. The number of rotatable bonds is 3. The SMILES string of the molecule is C/C=C\C=C(/C)O.CCc1ccc(-c2ccc(C)cc2)cc1. The summed E-state index contributed by atoms with van der Waals surface area (Å²) in [7, 11) is 0. The van der Waals surface area contributed by atoms with Crippen LogP contribution in [0.15, 0.2) is 72.5 Å². The predicted molar refractivity (Wildman–Crippen MR) is 97.2 cm³/mol. The molecule has 0 saturated heterocycles. The molecule has 0 aliphatic heterocycles. The molecule has 2 rings (SSSR count). The monoisotopic (exact) mass is 294 g/mol. The van der Waals surface area contributed by atoms with Crippen molar-refractivity contribution in [1.82, 2.24) is 0 Å². The molecule has 1 heteroatoms. The summed E-state index contributed by atoms with van der Waals surface area (Å²) in [4.78, 5) is 0. The Labute approximate surface area is 134 Å². The van der Waals surface area contributed by atoms with Crippen LogP contribution in [0, 0.1) is 6.92 Å². The highest BCUT2D eigenvalue weighted by Gasteiger charge is 1.96. The Morgan fingerprint density at radius 3 is 1.82 bits per heavy atom. The third-order valence-electron chi connectivity index (χ3n) is 3.28. The van der Waals surface area contributed by atoms with E-state index in [0.717, 1.165) is 6.42 Å². The lowest BCUT2D eigenvalue weighted by atomic mass is 10.0. The van der Waals surface area contributed by atoms with Crippen molar-refractivity contribution in [2.75, 3.05) is 0 Å². The maximum atomic E-state index is 8.49. The zero-order valence-corrected chi connectivity index (χ0v) is 14.0. The molecule has 0 heterocycles. The van der Waals surface area contributed by atoms with Gasteiger partial charge in [0.15, 0.2) is 0 Å². The van der Waals surface area contributed by atoms with Gasteiger partial charge in [0.25, 0.3) is 0 Å². The van der Waals surface area contributed by atoms with Crippen LogP contribution in [0.2, 0.25) is 0 Å². The molecule has 0 bridgehead atoms. The summed E-state index contributed by atoms with van der Waals surface area (Å²) in [6.07, 6.45) is 6.39. The molecule has 1 N–H and O–H groups in total. The molecular weight excluding hydrogens is 268 g/mol. The molecule has 22 heavy (non-hydrogen) atoms. The molecule has 2 aromatic carbocycles. The molecule has 0 radical (unpaired) electrons. The molecule has 0 saturated carbocycles. The number of aliphatic hydroxyl groups is 1. The van der Waals surface area contributed by atoms with E-state index >= 15 is 0 Å². The second-order valence-electron chi connectivity index (χ2n) is 5.25. The highest BCUT2D eigenvalue weighted by atomic mass is 16.3. The summed E-state index contributed by atoms with van der Waals surface area (Å²) in [5, 5.41) is 8.49. The van der Waals surface area contributed by atoms with Crippen LogP contribution in [0.5, 0.6) is 0 Å². The van der Waals surface area contributed by atoms with Gasteiger partial charge in [-0.3, -0.25) is 0 Å². The summed E-state index contributed by atoms with van der Waals surface area (Å²) in [5.41, 5.74) is 5.30. The topological polar surface area (TPSA) is 20.2 Å². The van der Waals surface area contributed by atoms with Crippen LogP contribution in [0.4, 0.5) is 0 Å². The van der Waals surface area contributed by atoms with Gasteiger partial charge in [0.1, 0.15) is 0 Å². The summed E-state index contributed by atoms with van der Waals surface area (Å²) in [6, 6.07) is 17.5. The molecule has 0 aliphatic carbocycles. The van der Waals surface area contributed by atoms with Gasteiger partial charge in [-0.25, -0.2) is 0 Å². The molecule has 0 aliphatic rings. The number of hydrogen-bond acceptors (Lipinski definition) is 1. The fraction of sp³-hybridized carbons (Fsp3) is 0.238. The van der Waals surface area contributed by atoms with E-state index < -0.39 is 0 Å². The average Bonchev–Trinajstić information content (AvgIpc) is 2.54. The Hall–Kier alpha value is -2.28. The molecule has 0 fully saturated rings. The lowest BCUT2D eigenvalue weighted by Gasteiger charge is -2.03. The zero-order valence-electron chi connectivity index (χ0n) is 14.0. The molecule has 0 aromatic heterocycles. The summed E-state index contributed by atoms with van der Waals surface area (Å²) in [5.74, 6) is 0.345. The Morgan fingerprint density at radius 2 is 1.45 bits per heavy atom. The Balaban J connectivity index is 0.000000295. The van der Waals surface area contributed by atoms with Gasteiger partial charge < -0.3 is 5.11 Å². The Morgan fingerprint density at radius 1 is 0.955 bits per heavy atom. The van der Waals surface area contributed by atoms with Crippen molar-refractivity contribution in [3.63, 3.8) is 0 Å². The van der Waals surface area contributed by atoms with Gasteiger partial charge in [-0.2, -0.15) is 0 Å². The summed E-state index contributed by atoms with van der Waals surface area (Å²) in [6.45, 7) is 7.84. The fourth-order valence-corrected chi connectivity index (χ4v) is 1.91. The normalized spacial score (nSPS) is 11.2. The van der Waals surface area contributed by atoms with E-state index in [4.69, 9.17) is 5.11 Å². The standard InChI is InChI=1S/C15H16.C6H10O/c1-3-13-6-10-15(11-7-13)14-8-4-12(2)5-9-14;1-3-4-5-6(2)7/h4-11H,3H2,1-2H3;3-5,7H,1-2H3/b;4-3-,6-5+. The molecule has 0 amide bonds. The van der Waals surface area contributed by atoms with Crippen LogP contribution < -0.4 is 0 Å². The lowest BCUT2D eigenvalue weighted by molar-refractivity contribution is 0.414. The minimum absolute atomic E-state index is 0.345. The van der Waals surface area contributed by atoms with Gasteiger partial charge >= 0.3 is 0 Å². The van der Waals surface area contributed by atoms with Crippen LogP contribution in [0.1, 0.15) is 31.9 Å². The minimum Gasteiger partial charge on any atom is -0.513 e. The van der Waals surface area contributed by atoms with E-state index in [1.54, 1.807) is 19.1 Å². The van der Waals surface area contributed by atoms with Gasteiger partial charge in [0.05, 0.1) is 5.76 Å². The van der Waals surface area contributed by atoms with E-state index in [-0.39, 0.29) is 0 Å². The van der Waals surface area contributed by atoms with Gasteiger partial charge in [0.2, 0.25) is 0 Å². The summed E-state index contributed by atoms with van der Waals surface area (Å²) >= 11 is 0. The third kappa shape index (κ3) is 6.45. The second kappa shape index (κ2) is 9.62. The third-order valence-corrected chi connectivity index (χ3v) is 3.28. The number of allylic oxidation sites excluding steroid dienone is 4. The molecule has 0 atom stereocenters. The molecule has 2 aromatic rings. The van der Waals surface area contributed by atoms with Crippen molar-refractivity contribution in [2.45, 2.75) is 34.1 Å². The van der Waals surface area contributed by atoms with E-state index in [2.05, 4.69) is 62.4 Å². The smallest absolute Gasteiger partial charge is 0.0891 e. The average molecular weight is 294 g/mol. The highest BCUT2D eigenvalue weighted by molar-refractivity contribution is 5.63. The maximum absolute atomic E-state index is 8.49. The van der Waals surface area contributed by atoms with Crippen LogP contribution in [0.25, 0.3) is 11.1 Å². The minimum atomic E-state index is 0.345. The second-order valence-corrected chi connectivity index (χ2v) is 5.25. The van der Waals surface area contributed by atoms with Gasteiger partial charge in [-0.1, -0.05) is 73.2 Å². The first-order valence-electron chi connectivity index (χ1n) is 7.71. The molecule has 1 nitrogen and oxygen atoms in total. The van der Waals surface area contributed by atoms with Gasteiger partial charge in [0, 0.05) is 0 Å². The van der Waals surface area contributed by atoms with Crippen LogP contribution in [0.3, 0.4) is 0 Å². The molecule has 116 valence electrons. The number of aliphatic hydroxyl groups excluding tert-OH is 1. The van der Waals surface area contributed by atoms with Crippen molar-refractivity contribution >= 4 is 0 Å². The van der Waals surface area contributed by atoms with Crippen molar-refractivity contribution in [2.24, 2.45) is 0 Å². The first kappa shape index (κ1) is 17.8. The van der Waals surface area contributed by atoms with Crippen LogP contribution in [-0.4, -0.2) is 5.11 Å². The number of benzene rings is 2. The molecule has 0 spiro atoms.